The summed E-state index contributed by atoms with van der Waals surface area (Å²) in [5.74, 6) is 0.842. The van der Waals surface area contributed by atoms with Gasteiger partial charge in [0.2, 0.25) is 5.91 Å². The van der Waals surface area contributed by atoms with Crippen LogP contribution < -0.4 is 9.64 Å². The smallest absolute Gasteiger partial charge is 0.270 e. The van der Waals surface area contributed by atoms with Gasteiger partial charge in [-0.25, -0.2) is 4.98 Å². The Labute approximate surface area is 171 Å². The summed E-state index contributed by atoms with van der Waals surface area (Å²) < 4.78 is 6.01. The first kappa shape index (κ1) is 19.1. The molecule has 1 aromatic heterocycles. The first-order valence-corrected chi connectivity index (χ1v) is 10.1. The molecule has 1 aliphatic rings. The number of aromatic nitrogens is 1. The Morgan fingerprint density at radius 2 is 2.00 bits per heavy atom. The van der Waals surface area contributed by atoms with Gasteiger partial charge in [0, 0.05) is 38.3 Å². The Hall–Kier alpha value is -3.20. The number of hydrogen-bond acceptors (Lipinski definition) is 7. The Bertz CT molecular complexity index is 1060. The minimum atomic E-state index is -0.397. The molecule has 0 saturated carbocycles. The lowest BCUT2D eigenvalue weighted by molar-refractivity contribution is -0.384. The summed E-state index contributed by atoms with van der Waals surface area (Å²) in [6.45, 7) is 2.62. The fourth-order valence-corrected chi connectivity index (χ4v) is 4.42. The number of piperazine rings is 1. The van der Waals surface area contributed by atoms with Crippen molar-refractivity contribution in [3.63, 3.8) is 0 Å². The van der Waals surface area contributed by atoms with Gasteiger partial charge in [0.25, 0.3) is 5.69 Å². The fourth-order valence-electron chi connectivity index (χ4n) is 3.37. The number of methoxy groups -OCH3 is 1. The van der Waals surface area contributed by atoms with Crippen LogP contribution in [0.15, 0.2) is 42.5 Å². The minimum absolute atomic E-state index is 0.0701. The van der Waals surface area contributed by atoms with E-state index in [1.165, 1.54) is 17.4 Å². The molecule has 2 heterocycles. The van der Waals surface area contributed by atoms with Crippen molar-refractivity contribution in [2.24, 2.45) is 0 Å². The van der Waals surface area contributed by atoms with E-state index in [2.05, 4.69) is 9.88 Å². The molecule has 0 N–H and O–H groups in total. The summed E-state index contributed by atoms with van der Waals surface area (Å²) in [5.41, 5.74) is 1.76. The number of ether oxygens (including phenoxy) is 1. The Kier molecular flexibility index (Phi) is 5.30. The standard InChI is InChI=1S/C20H20N4O4S/c1-28-16-4-2-3-14(11-16)12-19(25)22-7-9-23(10-8-22)20-21-17-6-5-15(24(26)27)13-18(17)29-20/h2-6,11,13H,7-10,12H2,1H3. The molecule has 0 spiro atoms. The molecule has 1 amide bonds. The van der Waals surface area contributed by atoms with Crippen LogP contribution in [0, 0.1) is 10.1 Å². The Balaban J connectivity index is 1.39. The zero-order valence-corrected chi connectivity index (χ0v) is 16.7. The maximum atomic E-state index is 12.6. The van der Waals surface area contributed by atoms with Crippen LogP contribution in [0.1, 0.15) is 5.56 Å². The van der Waals surface area contributed by atoms with E-state index < -0.39 is 4.92 Å². The molecule has 1 aliphatic heterocycles. The number of anilines is 1. The van der Waals surface area contributed by atoms with E-state index in [4.69, 9.17) is 4.74 Å². The van der Waals surface area contributed by atoms with Gasteiger partial charge in [-0.05, 0) is 23.8 Å². The predicted molar refractivity (Wildman–Crippen MR) is 112 cm³/mol. The van der Waals surface area contributed by atoms with Crippen LogP contribution in [0.3, 0.4) is 0 Å². The first-order valence-electron chi connectivity index (χ1n) is 9.24. The van der Waals surface area contributed by atoms with Crippen molar-refractivity contribution < 1.29 is 14.5 Å². The molecular weight excluding hydrogens is 392 g/mol. The zero-order chi connectivity index (χ0) is 20.4. The molecule has 2 aromatic carbocycles. The highest BCUT2D eigenvalue weighted by atomic mass is 32.1. The largest absolute Gasteiger partial charge is 0.497 e. The molecule has 150 valence electrons. The molecule has 1 saturated heterocycles. The molecule has 3 aromatic rings. The van der Waals surface area contributed by atoms with E-state index in [1.807, 2.05) is 29.2 Å². The quantitative estimate of drug-likeness (QED) is 0.473. The number of amides is 1. The lowest BCUT2D eigenvalue weighted by Crippen LogP contribution is -2.49. The molecule has 0 unspecified atom stereocenters. The molecule has 0 bridgehead atoms. The number of fused-ring (bicyclic) bond motifs is 1. The maximum Gasteiger partial charge on any atom is 0.270 e. The lowest BCUT2D eigenvalue weighted by atomic mass is 10.1. The summed E-state index contributed by atoms with van der Waals surface area (Å²) in [5, 5.41) is 11.8. The highest BCUT2D eigenvalue weighted by Gasteiger charge is 2.23. The van der Waals surface area contributed by atoms with Gasteiger partial charge < -0.3 is 14.5 Å². The van der Waals surface area contributed by atoms with Gasteiger partial charge in [0.15, 0.2) is 5.13 Å². The van der Waals surface area contributed by atoms with E-state index in [1.54, 1.807) is 19.2 Å². The minimum Gasteiger partial charge on any atom is -0.497 e. The number of nitro benzene ring substituents is 1. The third-order valence-corrected chi connectivity index (χ3v) is 6.04. The number of thiazole rings is 1. The molecule has 29 heavy (non-hydrogen) atoms. The van der Waals surface area contributed by atoms with Crippen LogP contribution in [0.25, 0.3) is 10.2 Å². The highest BCUT2D eigenvalue weighted by Crippen LogP contribution is 2.31. The summed E-state index contributed by atoms with van der Waals surface area (Å²) in [4.78, 5) is 31.8. The normalized spacial score (nSPS) is 14.2. The molecule has 8 nitrogen and oxygen atoms in total. The van der Waals surface area contributed by atoms with Crippen LogP contribution in [0.2, 0.25) is 0 Å². The van der Waals surface area contributed by atoms with Crippen LogP contribution in [-0.4, -0.2) is 54.0 Å². The van der Waals surface area contributed by atoms with Gasteiger partial charge in [-0.1, -0.05) is 23.5 Å². The summed E-state index contributed by atoms with van der Waals surface area (Å²) in [7, 11) is 1.61. The van der Waals surface area contributed by atoms with Crippen LogP contribution in [0.5, 0.6) is 5.75 Å². The van der Waals surface area contributed by atoms with E-state index in [0.717, 1.165) is 26.7 Å². The number of hydrogen-bond donors (Lipinski definition) is 0. The average molecular weight is 412 g/mol. The highest BCUT2D eigenvalue weighted by molar-refractivity contribution is 7.22. The number of rotatable bonds is 5. The van der Waals surface area contributed by atoms with Crippen molar-refractivity contribution in [1.82, 2.24) is 9.88 Å². The average Bonchev–Trinajstić information content (AvgIpc) is 3.17. The van der Waals surface area contributed by atoms with Crippen LogP contribution in [0.4, 0.5) is 10.8 Å². The van der Waals surface area contributed by atoms with Gasteiger partial charge >= 0.3 is 0 Å². The van der Waals surface area contributed by atoms with Gasteiger partial charge in [-0.3, -0.25) is 14.9 Å². The molecule has 9 heteroatoms. The zero-order valence-electron chi connectivity index (χ0n) is 15.9. The molecule has 0 radical (unpaired) electrons. The van der Waals surface area contributed by atoms with Gasteiger partial charge in [-0.2, -0.15) is 0 Å². The molecular formula is C20H20N4O4S. The number of benzene rings is 2. The van der Waals surface area contributed by atoms with Crippen molar-refractivity contribution in [2.45, 2.75) is 6.42 Å². The predicted octanol–water partition coefficient (Wildman–Crippen LogP) is 3.10. The number of nitro groups is 1. The summed E-state index contributed by atoms with van der Waals surface area (Å²) >= 11 is 1.44. The molecule has 4 rings (SSSR count). The summed E-state index contributed by atoms with van der Waals surface area (Å²) in [6.07, 6.45) is 0.349. The van der Waals surface area contributed by atoms with Gasteiger partial charge in [0.1, 0.15) is 5.75 Å². The van der Waals surface area contributed by atoms with Crippen LogP contribution in [-0.2, 0) is 11.2 Å². The van der Waals surface area contributed by atoms with Crippen LogP contribution >= 0.6 is 11.3 Å². The first-order chi connectivity index (χ1) is 14.0. The summed E-state index contributed by atoms with van der Waals surface area (Å²) in [6, 6.07) is 12.3. The van der Waals surface area contributed by atoms with E-state index in [0.29, 0.717) is 32.6 Å². The topological polar surface area (TPSA) is 88.8 Å². The monoisotopic (exact) mass is 412 g/mol. The van der Waals surface area contributed by atoms with E-state index in [-0.39, 0.29) is 11.6 Å². The Morgan fingerprint density at radius 1 is 1.21 bits per heavy atom. The molecule has 0 aliphatic carbocycles. The second-order valence-corrected chi connectivity index (χ2v) is 7.81. The molecule has 0 atom stereocenters. The van der Waals surface area contributed by atoms with Crippen molar-refractivity contribution in [1.29, 1.82) is 0 Å². The fraction of sp³-hybridized carbons (Fsp3) is 0.300. The SMILES string of the molecule is COc1cccc(CC(=O)N2CCN(c3nc4ccc([N+](=O)[O-])cc4s3)CC2)c1. The number of carbonyl (C=O) groups is 1. The number of non-ortho nitro benzene ring substituents is 1. The third kappa shape index (κ3) is 4.14. The van der Waals surface area contributed by atoms with E-state index in [9.17, 15) is 14.9 Å². The van der Waals surface area contributed by atoms with Crippen molar-refractivity contribution in [3.05, 3.63) is 58.1 Å². The second-order valence-electron chi connectivity index (χ2n) is 6.80. The Morgan fingerprint density at radius 3 is 2.72 bits per heavy atom. The lowest BCUT2D eigenvalue weighted by Gasteiger charge is -2.34. The number of carbonyl (C=O) groups excluding carboxylic acids is 1. The van der Waals surface area contributed by atoms with Gasteiger partial charge in [0.05, 0.1) is 28.7 Å². The van der Waals surface area contributed by atoms with Crippen molar-refractivity contribution >= 4 is 38.3 Å². The van der Waals surface area contributed by atoms with Crippen molar-refractivity contribution in [2.75, 3.05) is 38.2 Å². The van der Waals surface area contributed by atoms with Gasteiger partial charge in [-0.15, -0.1) is 0 Å². The second kappa shape index (κ2) is 8.04. The van der Waals surface area contributed by atoms with Crippen molar-refractivity contribution in [3.8, 4) is 5.75 Å². The third-order valence-electron chi connectivity index (χ3n) is 4.96. The maximum absolute atomic E-state index is 12.6. The van der Waals surface area contributed by atoms with E-state index >= 15 is 0 Å². The molecule has 1 fully saturated rings. The number of nitrogens with zero attached hydrogens (tertiary/aromatic N) is 4.